The van der Waals surface area contributed by atoms with E-state index in [9.17, 15) is 9.18 Å². The fourth-order valence-corrected chi connectivity index (χ4v) is 3.81. The van der Waals surface area contributed by atoms with Crippen LogP contribution in [0.4, 0.5) is 10.1 Å². The number of rotatable bonds is 6. The van der Waals surface area contributed by atoms with Gasteiger partial charge in [-0.1, -0.05) is 54.1 Å². The third-order valence-corrected chi connectivity index (χ3v) is 5.59. The van der Waals surface area contributed by atoms with E-state index in [2.05, 4.69) is 4.98 Å². The molecule has 1 aromatic heterocycles. The van der Waals surface area contributed by atoms with E-state index in [0.717, 1.165) is 22.4 Å². The highest BCUT2D eigenvalue weighted by molar-refractivity contribution is 6.33. The average Bonchev–Trinajstić information content (AvgIpc) is 3.29. The third kappa shape index (κ3) is 4.39. The van der Waals surface area contributed by atoms with Gasteiger partial charge in [-0.15, -0.1) is 0 Å². The number of H-pyrrole nitrogens is 1. The second-order valence-electron chi connectivity index (χ2n) is 7.38. The van der Waals surface area contributed by atoms with Crippen molar-refractivity contribution >= 4 is 23.2 Å². The number of benzene rings is 3. The summed E-state index contributed by atoms with van der Waals surface area (Å²) in [6.45, 7) is 1.65. The Morgan fingerprint density at radius 1 is 0.969 bits per heavy atom. The molecule has 4 aromatic rings. The lowest BCUT2D eigenvalue weighted by Gasteiger charge is -2.22. The summed E-state index contributed by atoms with van der Waals surface area (Å²) in [5.41, 5.74) is 4.05. The topological polar surface area (TPSA) is 45.3 Å². The van der Waals surface area contributed by atoms with E-state index in [1.165, 1.54) is 18.0 Å². The van der Waals surface area contributed by atoms with Crippen molar-refractivity contribution in [3.05, 3.63) is 95.9 Å². The van der Waals surface area contributed by atoms with Gasteiger partial charge in [0.05, 0.1) is 11.4 Å². The standard InChI is InChI=1S/C26H22ClFN2O2/c1-17(26(31)30(2)24-10-6-5-9-23(24)28)32-19-13-11-18(12-14-19)20-15-16-29-25(20)21-7-3-4-8-22(21)27/h3-17,29H,1-2H3/t17-/m1/s1. The highest BCUT2D eigenvalue weighted by Gasteiger charge is 2.22. The van der Waals surface area contributed by atoms with Crippen LogP contribution in [0.3, 0.4) is 0 Å². The number of nitrogens with zero attached hydrogens (tertiary/aromatic N) is 1. The molecule has 1 amide bonds. The van der Waals surface area contributed by atoms with Gasteiger partial charge >= 0.3 is 0 Å². The first-order valence-electron chi connectivity index (χ1n) is 10.2. The van der Waals surface area contributed by atoms with Crippen LogP contribution in [0.1, 0.15) is 6.92 Å². The number of likely N-dealkylation sites (N-methyl/N-ethyl adjacent to an activating group) is 1. The summed E-state index contributed by atoms with van der Waals surface area (Å²) in [7, 11) is 1.53. The Balaban J connectivity index is 1.50. The maximum absolute atomic E-state index is 14.0. The van der Waals surface area contributed by atoms with E-state index >= 15 is 0 Å². The summed E-state index contributed by atoms with van der Waals surface area (Å²) in [6.07, 6.45) is 1.09. The van der Waals surface area contributed by atoms with Gasteiger partial charge in [0.1, 0.15) is 11.6 Å². The van der Waals surface area contributed by atoms with Crippen molar-refractivity contribution in [3.8, 4) is 28.1 Å². The fraction of sp³-hybridized carbons (Fsp3) is 0.115. The number of carbonyl (C=O) groups is 1. The number of amides is 1. The maximum atomic E-state index is 14.0. The van der Waals surface area contributed by atoms with Crippen LogP contribution in [0.2, 0.25) is 5.02 Å². The highest BCUT2D eigenvalue weighted by Crippen LogP contribution is 2.35. The van der Waals surface area contributed by atoms with E-state index in [-0.39, 0.29) is 11.6 Å². The molecule has 0 aliphatic rings. The van der Waals surface area contributed by atoms with Gasteiger partial charge in [-0.25, -0.2) is 4.39 Å². The van der Waals surface area contributed by atoms with Crippen LogP contribution in [0.15, 0.2) is 85.1 Å². The quantitative estimate of drug-likeness (QED) is 0.362. The van der Waals surface area contributed by atoms with Crippen molar-refractivity contribution in [2.75, 3.05) is 11.9 Å². The zero-order valence-corrected chi connectivity index (χ0v) is 18.4. The van der Waals surface area contributed by atoms with Crippen LogP contribution in [0.25, 0.3) is 22.4 Å². The summed E-state index contributed by atoms with van der Waals surface area (Å²) in [5.74, 6) is -0.252. The number of nitrogens with one attached hydrogen (secondary N) is 1. The van der Waals surface area contributed by atoms with Crippen molar-refractivity contribution in [1.82, 2.24) is 4.98 Å². The normalized spacial score (nSPS) is 11.8. The molecular formula is C26H22ClFN2O2. The monoisotopic (exact) mass is 448 g/mol. The highest BCUT2D eigenvalue weighted by atomic mass is 35.5. The molecule has 0 unspecified atom stereocenters. The first-order valence-corrected chi connectivity index (χ1v) is 10.5. The molecule has 1 N–H and O–H groups in total. The van der Waals surface area contributed by atoms with Gasteiger partial charge in [0.15, 0.2) is 6.10 Å². The summed E-state index contributed by atoms with van der Waals surface area (Å²) < 4.78 is 19.8. The number of anilines is 1. The minimum atomic E-state index is -0.781. The number of hydrogen-bond acceptors (Lipinski definition) is 2. The molecule has 0 aliphatic heterocycles. The predicted molar refractivity (Wildman–Crippen MR) is 127 cm³/mol. The molecule has 32 heavy (non-hydrogen) atoms. The molecule has 0 aliphatic carbocycles. The number of aromatic nitrogens is 1. The van der Waals surface area contributed by atoms with Crippen LogP contribution in [-0.4, -0.2) is 24.0 Å². The molecule has 1 heterocycles. The smallest absolute Gasteiger partial charge is 0.267 e. The molecule has 0 fully saturated rings. The van der Waals surface area contributed by atoms with Gasteiger partial charge in [0, 0.05) is 29.4 Å². The summed E-state index contributed by atoms with van der Waals surface area (Å²) >= 11 is 6.37. The zero-order chi connectivity index (χ0) is 22.7. The number of para-hydroxylation sites is 1. The molecule has 0 bridgehead atoms. The molecule has 0 spiro atoms. The van der Waals surface area contributed by atoms with Gasteiger partial charge in [0.25, 0.3) is 5.91 Å². The van der Waals surface area contributed by atoms with E-state index in [1.807, 2.05) is 60.8 Å². The molecule has 0 saturated carbocycles. The molecular weight excluding hydrogens is 427 g/mol. The Hall–Kier alpha value is -3.57. The first kappa shape index (κ1) is 21.7. The van der Waals surface area contributed by atoms with Crippen LogP contribution in [0, 0.1) is 5.82 Å². The van der Waals surface area contributed by atoms with Gasteiger partial charge < -0.3 is 14.6 Å². The molecule has 4 nitrogen and oxygen atoms in total. The largest absolute Gasteiger partial charge is 0.481 e. The Bertz CT molecular complexity index is 1240. The van der Waals surface area contributed by atoms with E-state index in [1.54, 1.807) is 25.1 Å². The zero-order valence-electron chi connectivity index (χ0n) is 17.7. The van der Waals surface area contributed by atoms with Crippen molar-refractivity contribution in [2.45, 2.75) is 13.0 Å². The average molecular weight is 449 g/mol. The van der Waals surface area contributed by atoms with Crippen molar-refractivity contribution in [2.24, 2.45) is 0 Å². The number of halogens is 2. The Labute approximate surface area is 191 Å². The van der Waals surface area contributed by atoms with Gasteiger partial charge in [-0.05, 0) is 48.9 Å². The third-order valence-electron chi connectivity index (χ3n) is 5.26. The van der Waals surface area contributed by atoms with E-state index < -0.39 is 11.9 Å². The Kier molecular flexibility index (Phi) is 6.28. The molecule has 1 atom stereocenters. The number of aromatic amines is 1. The van der Waals surface area contributed by atoms with Gasteiger partial charge in [-0.2, -0.15) is 0 Å². The summed E-state index contributed by atoms with van der Waals surface area (Å²) in [6, 6.07) is 23.3. The predicted octanol–water partition coefficient (Wildman–Crippen LogP) is 6.57. The lowest BCUT2D eigenvalue weighted by Crippen LogP contribution is -2.38. The second-order valence-corrected chi connectivity index (χ2v) is 7.79. The lowest BCUT2D eigenvalue weighted by molar-refractivity contribution is -0.124. The van der Waals surface area contributed by atoms with Gasteiger partial charge in [0.2, 0.25) is 0 Å². The van der Waals surface area contributed by atoms with Crippen molar-refractivity contribution in [1.29, 1.82) is 0 Å². The van der Waals surface area contributed by atoms with Crippen LogP contribution < -0.4 is 9.64 Å². The van der Waals surface area contributed by atoms with E-state index in [4.69, 9.17) is 16.3 Å². The lowest BCUT2D eigenvalue weighted by atomic mass is 10.0. The minimum absolute atomic E-state index is 0.211. The first-order chi connectivity index (χ1) is 15.5. The number of hydrogen-bond donors (Lipinski definition) is 1. The fourth-order valence-electron chi connectivity index (χ4n) is 3.58. The molecule has 3 aromatic carbocycles. The molecule has 162 valence electrons. The Morgan fingerprint density at radius 2 is 1.66 bits per heavy atom. The van der Waals surface area contributed by atoms with Crippen LogP contribution in [-0.2, 0) is 4.79 Å². The van der Waals surface area contributed by atoms with Crippen LogP contribution >= 0.6 is 11.6 Å². The van der Waals surface area contributed by atoms with Crippen LogP contribution in [0.5, 0.6) is 5.75 Å². The second kappa shape index (κ2) is 9.28. The van der Waals surface area contributed by atoms with Crippen molar-refractivity contribution in [3.63, 3.8) is 0 Å². The van der Waals surface area contributed by atoms with Crippen molar-refractivity contribution < 1.29 is 13.9 Å². The molecule has 6 heteroatoms. The van der Waals surface area contributed by atoms with Gasteiger partial charge in [-0.3, -0.25) is 4.79 Å². The SMILES string of the molecule is C[C@@H](Oc1ccc(-c2cc[nH]c2-c2ccccc2Cl)cc1)C(=O)N(C)c1ccccc1F. The number of ether oxygens (including phenoxy) is 1. The molecule has 4 rings (SSSR count). The Morgan fingerprint density at radius 3 is 2.38 bits per heavy atom. The summed E-state index contributed by atoms with van der Waals surface area (Å²) in [5, 5.41) is 0.669. The van der Waals surface area contributed by atoms with E-state index in [0.29, 0.717) is 10.8 Å². The minimum Gasteiger partial charge on any atom is -0.481 e. The molecule has 0 radical (unpaired) electrons. The summed E-state index contributed by atoms with van der Waals surface area (Å²) in [4.78, 5) is 17.2. The molecule has 0 saturated heterocycles. The number of carbonyl (C=O) groups excluding carboxylic acids is 1. The maximum Gasteiger partial charge on any atom is 0.267 e.